The maximum Gasteiger partial charge on any atom is 0.290 e. The van der Waals surface area contributed by atoms with Gasteiger partial charge in [-0.25, -0.2) is 4.68 Å². The van der Waals surface area contributed by atoms with E-state index in [4.69, 9.17) is 11.6 Å². The number of aromatic nitrogens is 2. The summed E-state index contributed by atoms with van der Waals surface area (Å²) in [6, 6.07) is 23.2. The predicted octanol–water partition coefficient (Wildman–Crippen LogP) is 3.65. The maximum atomic E-state index is 12.9. The van der Waals surface area contributed by atoms with E-state index in [-0.39, 0.29) is 29.5 Å². The molecule has 0 aliphatic heterocycles. The molecule has 0 aliphatic carbocycles. The molecule has 0 saturated carbocycles. The molecule has 7 nitrogen and oxygen atoms in total. The van der Waals surface area contributed by atoms with Crippen molar-refractivity contribution in [1.82, 2.24) is 20.6 Å². The number of rotatable bonds is 6. The number of thioether (sulfide) groups is 1. The lowest BCUT2D eigenvalue weighted by Gasteiger charge is -2.12. The van der Waals surface area contributed by atoms with Crippen molar-refractivity contribution in [1.29, 1.82) is 0 Å². The van der Waals surface area contributed by atoms with Gasteiger partial charge in [-0.3, -0.25) is 25.2 Å². The summed E-state index contributed by atoms with van der Waals surface area (Å²) in [6.45, 7) is 0.217. The van der Waals surface area contributed by atoms with Crippen LogP contribution in [0.15, 0.2) is 88.6 Å². The van der Waals surface area contributed by atoms with Crippen molar-refractivity contribution >= 4 is 45.9 Å². The second kappa shape index (κ2) is 10.3. The quantitative estimate of drug-likeness (QED) is 0.326. The van der Waals surface area contributed by atoms with E-state index < -0.39 is 5.91 Å². The molecule has 0 spiro atoms. The molecule has 2 amide bonds. The van der Waals surface area contributed by atoms with E-state index in [9.17, 15) is 14.4 Å². The van der Waals surface area contributed by atoms with Crippen LogP contribution in [0.5, 0.6) is 0 Å². The van der Waals surface area contributed by atoms with E-state index in [1.54, 1.807) is 36.4 Å². The van der Waals surface area contributed by atoms with Crippen LogP contribution in [0.3, 0.4) is 0 Å². The molecular formula is C24H19ClN4O3S. The largest absolute Gasteiger partial charge is 0.290 e. The molecule has 0 bridgehead atoms. The zero-order chi connectivity index (χ0) is 23.2. The number of amides is 2. The fourth-order valence-corrected chi connectivity index (χ4v) is 3.99. The first kappa shape index (κ1) is 22.6. The molecule has 0 aliphatic rings. The van der Waals surface area contributed by atoms with E-state index in [1.165, 1.54) is 16.4 Å². The molecule has 1 heterocycles. The first-order valence-corrected chi connectivity index (χ1v) is 11.4. The molecule has 33 heavy (non-hydrogen) atoms. The van der Waals surface area contributed by atoms with Gasteiger partial charge in [0.1, 0.15) is 0 Å². The molecule has 9 heteroatoms. The molecule has 4 aromatic rings. The molecular weight excluding hydrogens is 460 g/mol. The highest BCUT2D eigenvalue weighted by atomic mass is 35.5. The molecule has 0 atom stereocenters. The number of hydrogen-bond donors (Lipinski definition) is 2. The molecule has 0 saturated heterocycles. The molecule has 166 valence electrons. The van der Waals surface area contributed by atoms with Gasteiger partial charge >= 0.3 is 0 Å². The van der Waals surface area contributed by atoms with Crippen LogP contribution in [-0.4, -0.2) is 27.3 Å². The van der Waals surface area contributed by atoms with Gasteiger partial charge in [0.25, 0.3) is 11.5 Å². The van der Waals surface area contributed by atoms with Crippen LogP contribution in [0.4, 0.5) is 0 Å². The first-order chi connectivity index (χ1) is 16.0. The van der Waals surface area contributed by atoms with Gasteiger partial charge in [0, 0.05) is 15.3 Å². The van der Waals surface area contributed by atoms with E-state index in [0.717, 1.165) is 10.5 Å². The zero-order valence-electron chi connectivity index (χ0n) is 17.3. The SMILES string of the molecule is O=C(CSc1ccc(Cl)cc1)NNC(=O)c1nn(Cc2ccccc2)c(=O)c2ccccc12. The highest BCUT2D eigenvalue weighted by molar-refractivity contribution is 8.00. The van der Waals surface area contributed by atoms with Crippen LogP contribution in [-0.2, 0) is 11.3 Å². The molecule has 1 aromatic heterocycles. The third kappa shape index (κ3) is 5.60. The second-order valence-electron chi connectivity index (χ2n) is 7.09. The number of nitrogens with zero attached hydrogens (tertiary/aromatic N) is 2. The number of hydrazine groups is 1. The van der Waals surface area contributed by atoms with Gasteiger partial charge < -0.3 is 0 Å². The molecule has 2 N–H and O–H groups in total. The highest BCUT2D eigenvalue weighted by Gasteiger charge is 2.17. The Morgan fingerprint density at radius 2 is 1.55 bits per heavy atom. The average Bonchev–Trinajstić information content (AvgIpc) is 2.84. The molecule has 4 rings (SSSR count). The van der Waals surface area contributed by atoms with Gasteiger partial charge in [-0.15, -0.1) is 11.8 Å². The lowest BCUT2D eigenvalue weighted by molar-refractivity contribution is -0.119. The lowest BCUT2D eigenvalue weighted by Crippen LogP contribution is -2.43. The fraction of sp³-hybridized carbons (Fsp3) is 0.0833. The number of halogens is 1. The Morgan fingerprint density at radius 3 is 2.27 bits per heavy atom. The Bertz CT molecular complexity index is 1360. The normalized spacial score (nSPS) is 10.7. The van der Waals surface area contributed by atoms with Gasteiger partial charge in [0.2, 0.25) is 5.91 Å². The van der Waals surface area contributed by atoms with Crippen molar-refractivity contribution in [2.45, 2.75) is 11.4 Å². The molecule has 0 radical (unpaired) electrons. The number of benzene rings is 3. The van der Waals surface area contributed by atoms with Gasteiger partial charge in [-0.05, 0) is 35.9 Å². The summed E-state index contributed by atoms with van der Waals surface area (Å²) >= 11 is 7.17. The van der Waals surface area contributed by atoms with E-state index >= 15 is 0 Å². The van der Waals surface area contributed by atoms with Crippen molar-refractivity contribution in [3.8, 4) is 0 Å². The minimum atomic E-state index is -0.613. The van der Waals surface area contributed by atoms with Crippen LogP contribution in [0.2, 0.25) is 5.02 Å². The summed E-state index contributed by atoms with van der Waals surface area (Å²) in [5.41, 5.74) is 5.42. The summed E-state index contributed by atoms with van der Waals surface area (Å²) in [6.07, 6.45) is 0. The summed E-state index contributed by atoms with van der Waals surface area (Å²) < 4.78 is 1.25. The van der Waals surface area contributed by atoms with Gasteiger partial charge in [-0.2, -0.15) is 5.10 Å². The summed E-state index contributed by atoms with van der Waals surface area (Å²) in [7, 11) is 0. The monoisotopic (exact) mass is 478 g/mol. The molecule has 0 unspecified atom stereocenters. The fourth-order valence-electron chi connectivity index (χ4n) is 3.17. The molecule has 3 aromatic carbocycles. The van der Waals surface area contributed by atoms with Crippen molar-refractivity contribution in [3.63, 3.8) is 0 Å². The lowest BCUT2D eigenvalue weighted by atomic mass is 10.1. The topological polar surface area (TPSA) is 93.1 Å². The standard InChI is InChI=1S/C24H19ClN4O3S/c25-17-10-12-18(13-11-17)33-15-21(30)26-27-23(31)22-19-8-4-5-9-20(19)24(32)29(28-22)14-16-6-2-1-3-7-16/h1-13H,14-15H2,(H,26,30)(H,27,31). The summed E-state index contributed by atoms with van der Waals surface area (Å²) in [5, 5.41) is 5.70. The maximum absolute atomic E-state index is 12.9. The van der Waals surface area contributed by atoms with Crippen LogP contribution < -0.4 is 16.4 Å². The summed E-state index contributed by atoms with van der Waals surface area (Å²) in [4.78, 5) is 38.8. The first-order valence-electron chi connectivity index (χ1n) is 10.0. The van der Waals surface area contributed by atoms with Crippen LogP contribution >= 0.6 is 23.4 Å². The van der Waals surface area contributed by atoms with Crippen molar-refractivity contribution < 1.29 is 9.59 Å². The molecule has 0 fully saturated rings. The second-order valence-corrected chi connectivity index (χ2v) is 8.57. The Kier molecular flexibility index (Phi) is 7.07. The van der Waals surface area contributed by atoms with Gasteiger partial charge in [0.15, 0.2) is 5.69 Å². The Labute approximate surface area is 198 Å². The number of fused-ring (bicyclic) bond motifs is 1. The number of hydrogen-bond acceptors (Lipinski definition) is 5. The highest BCUT2D eigenvalue weighted by Crippen LogP contribution is 2.20. The number of nitrogens with one attached hydrogen (secondary N) is 2. The van der Waals surface area contributed by atoms with E-state index in [0.29, 0.717) is 15.8 Å². The Balaban J connectivity index is 1.49. The van der Waals surface area contributed by atoms with Crippen molar-refractivity contribution in [2.24, 2.45) is 0 Å². The van der Waals surface area contributed by atoms with Gasteiger partial charge in [0.05, 0.1) is 17.7 Å². The number of carbonyl (C=O) groups is 2. The average molecular weight is 479 g/mol. The minimum absolute atomic E-state index is 0.0479. The van der Waals surface area contributed by atoms with E-state index in [2.05, 4.69) is 16.0 Å². The Morgan fingerprint density at radius 1 is 0.879 bits per heavy atom. The third-order valence-electron chi connectivity index (χ3n) is 4.76. The Hall–Kier alpha value is -3.62. The van der Waals surface area contributed by atoms with Crippen LogP contribution in [0, 0.1) is 0 Å². The summed E-state index contributed by atoms with van der Waals surface area (Å²) in [5.74, 6) is -0.896. The van der Waals surface area contributed by atoms with Crippen molar-refractivity contribution in [2.75, 3.05) is 5.75 Å². The third-order valence-corrected chi connectivity index (χ3v) is 6.02. The van der Waals surface area contributed by atoms with Crippen molar-refractivity contribution in [3.05, 3.63) is 105 Å². The van der Waals surface area contributed by atoms with Gasteiger partial charge in [-0.1, -0.05) is 60.1 Å². The van der Waals surface area contributed by atoms with E-state index in [1.807, 2.05) is 42.5 Å². The smallest absolute Gasteiger partial charge is 0.272 e. The number of carbonyl (C=O) groups excluding carboxylic acids is 2. The predicted molar refractivity (Wildman–Crippen MR) is 129 cm³/mol. The zero-order valence-corrected chi connectivity index (χ0v) is 18.9. The van der Waals surface area contributed by atoms with Crippen LogP contribution in [0.1, 0.15) is 16.1 Å². The van der Waals surface area contributed by atoms with Crippen LogP contribution in [0.25, 0.3) is 10.8 Å². The minimum Gasteiger partial charge on any atom is -0.272 e.